The number of allylic oxidation sites excluding steroid dienone is 8. The molecule has 0 saturated heterocycles. The third-order valence-electron chi connectivity index (χ3n) is 6.66. The number of aldehydes is 1. The van der Waals surface area contributed by atoms with E-state index in [-0.39, 0.29) is 11.2 Å². The van der Waals surface area contributed by atoms with E-state index in [1.807, 2.05) is 13.0 Å². The molecule has 0 heterocycles. The lowest BCUT2D eigenvalue weighted by atomic mass is 9.56. The minimum Gasteiger partial charge on any atom is -0.303 e. The first-order valence-corrected chi connectivity index (χ1v) is 10.2. The highest BCUT2D eigenvalue weighted by Crippen LogP contribution is 2.69. The van der Waals surface area contributed by atoms with Crippen LogP contribution in [-0.4, -0.2) is 12.1 Å². The molecule has 0 amide bonds. The zero-order valence-corrected chi connectivity index (χ0v) is 16.7. The van der Waals surface area contributed by atoms with E-state index in [1.54, 1.807) is 22.8 Å². The van der Waals surface area contributed by atoms with E-state index in [4.69, 9.17) is 0 Å². The van der Waals surface area contributed by atoms with Crippen molar-refractivity contribution in [1.82, 2.24) is 0 Å². The molecule has 1 spiro atoms. The molecule has 4 rings (SSSR count). The van der Waals surface area contributed by atoms with Gasteiger partial charge in [0, 0.05) is 11.8 Å². The molecule has 0 radical (unpaired) electrons. The minimum absolute atomic E-state index is 0.00493. The monoisotopic (exact) mass is 352 g/mol. The van der Waals surface area contributed by atoms with Crippen molar-refractivity contribution in [3.05, 3.63) is 46.6 Å². The Morgan fingerprint density at radius 3 is 2.50 bits per heavy atom. The van der Waals surface area contributed by atoms with Gasteiger partial charge in [0.05, 0.1) is 0 Å². The van der Waals surface area contributed by atoms with Crippen LogP contribution in [-0.2, 0) is 9.59 Å². The zero-order chi connectivity index (χ0) is 18.9. The molecule has 4 aliphatic carbocycles. The van der Waals surface area contributed by atoms with E-state index >= 15 is 0 Å². The maximum atomic E-state index is 12.0. The minimum atomic E-state index is 0.00493. The quantitative estimate of drug-likeness (QED) is 0.580. The number of fused-ring (bicyclic) bond motifs is 3. The summed E-state index contributed by atoms with van der Waals surface area (Å²) in [5.41, 5.74) is 6.61. The topological polar surface area (TPSA) is 34.1 Å². The Bertz CT molecular complexity index is 727. The van der Waals surface area contributed by atoms with Gasteiger partial charge in [-0.3, -0.25) is 4.79 Å². The molecular formula is C24H32O2. The highest BCUT2D eigenvalue weighted by Gasteiger charge is 2.57. The van der Waals surface area contributed by atoms with Gasteiger partial charge in [-0.05, 0) is 85.7 Å². The van der Waals surface area contributed by atoms with Crippen LogP contribution in [0.15, 0.2) is 46.6 Å². The van der Waals surface area contributed by atoms with Gasteiger partial charge in [-0.1, -0.05) is 38.5 Å². The van der Waals surface area contributed by atoms with Gasteiger partial charge in [0.1, 0.15) is 6.29 Å². The van der Waals surface area contributed by atoms with Gasteiger partial charge < -0.3 is 4.79 Å². The summed E-state index contributed by atoms with van der Waals surface area (Å²) in [4.78, 5) is 21.1. The van der Waals surface area contributed by atoms with E-state index in [0.717, 1.165) is 12.7 Å². The van der Waals surface area contributed by atoms with Gasteiger partial charge in [0.25, 0.3) is 0 Å². The van der Waals surface area contributed by atoms with Crippen LogP contribution >= 0.6 is 0 Å². The smallest absolute Gasteiger partial charge is 0.178 e. The average molecular weight is 353 g/mol. The Kier molecular flexibility index (Phi) is 5.23. The van der Waals surface area contributed by atoms with Gasteiger partial charge >= 0.3 is 0 Å². The molecule has 2 unspecified atom stereocenters. The van der Waals surface area contributed by atoms with Crippen LogP contribution in [0.4, 0.5) is 0 Å². The maximum absolute atomic E-state index is 12.0. The fourth-order valence-electron chi connectivity index (χ4n) is 5.14. The SMILES string of the molecule is CC/C=C1/C2=C(CCC1C)C1(C)C=CC(=O)C=C1C1(CC1)C2.CCC=O. The molecule has 0 aromatic carbocycles. The number of carbonyl (C=O) groups is 2. The molecule has 140 valence electrons. The summed E-state index contributed by atoms with van der Waals surface area (Å²) < 4.78 is 0. The molecule has 1 saturated carbocycles. The number of hydrogen-bond acceptors (Lipinski definition) is 2. The molecule has 2 heteroatoms. The van der Waals surface area contributed by atoms with Crippen LogP contribution < -0.4 is 0 Å². The molecule has 0 aromatic rings. The van der Waals surface area contributed by atoms with Gasteiger partial charge in [-0.15, -0.1) is 0 Å². The van der Waals surface area contributed by atoms with Crippen molar-refractivity contribution >= 4 is 12.1 Å². The second kappa shape index (κ2) is 7.13. The van der Waals surface area contributed by atoms with E-state index in [0.29, 0.717) is 17.8 Å². The molecule has 0 aromatic heterocycles. The standard InChI is InChI=1S/C21H26O.C3H6O/c1-4-5-16-14(2)6-7-18-17(16)13-21(10-11-21)19-12-15(22)8-9-20(18,19)3;1-2-3-4/h5,8-9,12,14H,4,6-7,10-11,13H2,1-3H3;3H,2H2,1H3/b16-5+;. The first-order valence-electron chi connectivity index (χ1n) is 10.2. The van der Waals surface area contributed by atoms with E-state index in [9.17, 15) is 9.59 Å². The molecule has 4 aliphatic rings. The van der Waals surface area contributed by atoms with E-state index in [2.05, 4.69) is 32.9 Å². The zero-order valence-electron chi connectivity index (χ0n) is 16.7. The number of rotatable bonds is 2. The summed E-state index contributed by atoms with van der Waals surface area (Å²) in [6.45, 7) is 8.80. The highest BCUT2D eigenvalue weighted by molar-refractivity contribution is 6.02. The molecule has 2 nitrogen and oxygen atoms in total. The van der Waals surface area contributed by atoms with Crippen LogP contribution in [0, 0.1) is 16.7 Å². The lowest BCUT2D eigenvalue weighted by Crippen LogP contribution is -2.36. The summed E-state index contributed by atoms with van der Waals surface area (Å²) in [6, 6.07) is 0. The van der Waals surface area contributed by atoms with Crippen molar-refractivity contribution in [2.24, 2.45) is 16.7 Å². The normalized spacial score (nSPS) is 32.5. The van der Waals surface area contributed by atoms with Crippen LogP contribution in [0.2, 0.25) is 0 Å². The Hall–Kier alpha value is -1.70. The third kappa shape index (κ3) is 3.08. The van der Waals surface area contributed by atoms with Crippen LogP contribution in [0.3, 0.4) is 0 Å². The molecular weight excluding hydrogens is 320 g/mol. The third-order valence-corrected chi connectivity index (χ3v) is 6.66. The largest absolute Gasteiger partial charge is 0.303 e. The summed E-state index contributed by atoms with van der Waals surface area (Å²) in [7, 11) is 0. The summed E-state index contributed by atoms with van der Waals surface area (Å²) >= 11 is 0. The molecule has 0 N–H and O–H groups in total. The lowest BCUT2D eigenvalue weighted by Gasteiger charge is -2.48. The molecule has 0 bridgehead atoms. The van der Waals surface area contributed by atoms with E-state index in [1.165, 1.54) is 37.7 Å². The fourth-order valence-corrected chi connectivity index (χ4v) is 5.14. The molecule has 0 aliphatic heterocycles. The second-order valence-electron chi connectivity index (χ2n) is 8.49. The van der Waals surface area contributed by atoms with E-state index < -0.39 is 0 Å². The fraction of sp³-hybridized carbons (Fsp3) is 0.583. The number of ketones is 1. The second-order valence-corrected chi connectivity index (χ2v) is 8.49. The number of carbonyl (C=O) groups excluding carboxylic acids is 2. The van der Waals surface area contributed by atoms with Crippen molar-refractivity contribution in [2.75, 3.05) is 0 Å². The Balaban J connectivity index is 0.000000447. The maximum Gasteiger partial charge on any atom is 0.178 e. The Morgan fingerprint density at radius 2 is 1.92 bits per heavy atom. The van der Waals surface area contributed by atoms with Crippen molar-refractivity contribution in [3.8, 4) is 0 Å². The first kappa shape index (κ1) is 19.1. The van der Waals surface area contributed by atoms with Crippen molar-refractivity contribution in [1.29, 1.82) is 0 Å². The summed E-state index contributed by atoms with van der Waals surface area (Å²) in [5.74, 6) is 0.883. The molecule has 26 heavy (non-hydrogen) atoms. The summed E-state index contributed by atoms with van der Waals surface area (Å²) in [5, 5.41) is 0. The van der Waals surface area contributed by atoms with Crippen molar-refractivity contribution in [3.63, 3.8) is 0 Å². The van der Waals surface area contributed by atoms with Crippen LogP contribution in [0.5, 0.6) is 0 Å². The lowest BCUT2D eigenvalue weighted by molar-refractivity contribution is -0.110. The highest BCUT2D eigenvalue weighted by atomic mass is 16.1. The Labute approximate surface area is 158 Å². The average Bonchev–Trinajstić information content (AvgIpc) is 3.40. The first-order chi connectivity index (χ1) is 12.4. The predicted molar refractivity (Wildman–Crippen MR) is 107 cm³/mol. The number of hydrogen-bond donors (Lipinski definition) is 0. The summed E-state index contributed by atoms with van der Waals surface area (Å²) in [6.07, 6.45) is 17.2. The van der Waals surface area contributed by atoms with Crippen LogP contribution in [0.25, 0.3) is 0 Å². The Morgan fingerprint density at radius 1 is 1.23 bits per heavy atom. The predicted octanol–water partition coefficient (Wildman–Crippen LogP) is 5.90. The molecule has 2 atom stereocenters. The van der Waals surface area contributed by atoms with Gasteiger partial charge in [-0.2, -0.15) is 0 Å². The molecule has 1 fully saturated rings. The van der Waals surface area contributed by atoms with Crippen molar-refractivity contribution in [2.45, 2.75) is 72.6 Å². The van der Waals surface area contributed by atoms with Gasteiger partial charge in [0.15, 0.2) is 5.78 Å². The van der Waals surface area contributed by atoms with Gasteiger partial charge in [-0.25, -0.2) is 0 Å². The van der Waals surface area contributed by atoms with Crippen LogP contribution in [0.1, 0.15) is 72.6 Å². The van der Waals surface area contributed by atoms with Gasteiger partial charge in [0.2, 0.25) is 0 Å². The van der Waals surface area contributed by atoms with Crippen molar-refractivity contribution < 1.29 is 9.59 Å².